The maximum Gasteiger partial charge on any atom is 0.334 e. The molecule has 0 radical (unpaired) electrons. The Hall–Kier alpha value is -2.51. The van der Waals surface area contributed by atoms with Crippen LogP contribution in [-0.2, 0) is 38.2 Å². The normalized spacial score (nSPS) is 15.4. The summed E-state index contributed by atoms with van der Waals surface area (Å²) in [6, 6.07) is 0. The monoisotopic (exact) mass is 691 g/mol. The molecule has 0 aromatic rings. The lowest BCUT2D eigenvalue weighted by Crippen LogP contribution is -2.30. The average molecular weight is 691 g/mol. The summed E-state index contributed by atoms with van der Waals surface area (Å²) < 4.78 is 15.8. The molecule has 0 saturated carbocycles. The summed E-state index contributed by atoms with van der Waals surface area (Å²) >= 11 is 0. The van der Waals surface area contributed by atoms with Gasteiger partial charge < -0.3 is 14.2 Å². The van der Waals surface area contributed by atoms with E-state index in [1.165, 1.54) is 97.3 Å². The smallest absolute Gasteiger partial charge is 0.334 e. The maximum atomic E-state index is 12.9. The van der Waals surface area contributed by atoms with Gasteiger partial charge in [0.05, 0.1) is 0 Å². The van der Waals surface area contributed by atoms with Crippen LogP contribution in [0, 0.1) is 0 Å². The van der Waals surface area contributed by atoms with Crippen LogP contribution < -0.4 is 0 Å². The minimum atomic E-state index is -0.827. The summed E-state index contributed by atoms with van der Waals surface area (Å²) in [5.41, 5.74) is 0.841. The number of rotatable bonds is 33. The van der Waals surface area contributed by atoms with Gasteiger partial charge in [-0.25, -0.2) is 4.79 Å². The SMILES string of the molecule is CCCCCCCCCCCC[C@@H](OC(C)=O)C(=O)CCC(=O)[C@H](CCCCCCCCCCCCCCC1=C[C@H](C)OC1=O)OC(C)=O. The number of hydrogen-bond donors (Lipinski definition) is 0. The Bertz CT molecular complexity index is 971. The Kier molecular flexibility index (Phi) is 26.6. The van der Waals surface area contributed by atoms with E-state index in [0.29, 0.717) is 12.8 Å². The van der Waals surface area contributed by atoms with Crippen LogP contribution in [0.5, 0.6) is 0 Å². The number of unbranched alkanes of at least 4 members (excludes halogenated alkanes) is 20. The Morgan fingerprint density at radius 1 is 0.592 bits per heavy atom. The summed E-state index contributed by atoms with van der Waals surface area (Å²) in [4.78, 5) is 60.8. The van der Waals surface area contributed by atoms with Crippen LogP contribution in [0.2, 0.25) is 0 Å². The molecule has 0 unspecified atom stereocenters. The fraction of sp³-hybridized carbons (Fsp3) is 0.829. The number of ether oxygens (including phenoxy) is 3. The second-order valence-electron chi connectivity index (χ2n) is 14.2. The molecule has 1 aliphatic rings. The zero-order valence-electron chi connectivity index (χ0n) is 31.7. The zero-order valence-corrected chi connectivity index (χ0v) is 31.7. The molecule has 0 aliphatic carbocycles. The average Bonchev–Trinajstić information content (AvgIpc) is 3.38. The van der Waals surface area contributed by atoms with E-state index < -0.39 is 24.1 Å². The topological polar surface area (TPSA) is 113 Å². The van der Waals surface area contributed by atoms with Gasteiger partial charge in [0.15, 0.2) is 23.8 Å². The molecule has 3 atom stereocenters. The largest absolute Gasteiger partial charge is 0.455 e. The van der Waals surface area contributed by atoms with Gasteiger partial charge >= 0.3 is 17.9 Å². The second kappa shape index (κ2) is 29.2. The van der Waals surface area contributed by atoms with Crippen molar-refractivity contribution < 1.29 is 38.2 Å². The first-order valence-corrected chi connectivity index (χ1v) is 20.0. The highest BCUT2D eigenvalue weighted by Crippen LogP contribution is 2.21. The summed E-state index contributed by atoms with van der Waals surface area (Å²) in [5.74, 6) is -1.60. The molecular formula is C41H70O8. The van der Waals surface area contributed by atoms with Crippen molar-refractivity contribution in [1.29, 1.82) is 0 Å². The number of Topliss-reactive ketones (excluding diaryl/α,β-unsaturated/α-hetero) is 2. The van der Waals surface area contributed by atoms with E-state index in [-0.39, 0.29) is 36.5 Å². The summed E-state index contributed by atoms with van der Waals surface area (Å²) in [6.45, 7) is 6.74. The molecule has 1 rings (SSSR count). The number of carbonyl (C=O) groups excluding carboxylic acids is 5. The predicted molar refractivity (Wildman–Crippen MR) is 195 cm³/mol. The molecule has 1 aliphatic heterocycles. The Morgan fingerprint density at radius 3 is 1.27 bits per heavy atom. The van der Waals surface area contributed by atoms with Crippen molar-refractivity contribution in [2.24, 2.45) is 0 Å². The molecule has 8 nitrogen and oxygen atoms in total. The number of cyclic esters (lactones) is 1. The van der Waals surface area contributed by atoms with E-state index in [1.54, 1.807) is 0 Å². The van der Waals surface area contributed by atoms with E-state index in [2.05, 4.69) is 6.92 Å². The minimum Gasteiger partial charge on any atom is -0.455 e. The Balaban J connectivity index is 2.18. The Morgan fingerprint density at radius 2 is 0.939 bits per heavy atom. The van der Waals surface area contributed by atoms with Crippen LogP contribution >= 0.6 is 0 Å². The van der Waals surface area contributed by atoms with E-state index in [4.69, 9.17) is 14.2 Å². The number of esters is 3. The van der Waals surface area contributed by atoms with Crippen LogP contribution in [0.1, 0.15) is 201 Å². The molecule has 0 spiro atoms. The lowest BCUT2D eigenvalue weighted by atomic mass is 9.98. The van der Waals surface area contributed by atoms with Crippen molar-refractivity contribution >= 4 is 29.5 Å². The van der Waals surface area contributed by atoms with Crippen molar-refractivity contribution in [3.05, 3.63) is 11.6 Å². The first-order chi connectivity index (χ1) is 23.6. The van der Waals surface area contributed by atoms with Crippen LogP contribution in [0.4, 0.5) is 0 Å². The van der Waals surface area contributed by atoms with Crippen molar-refractivity contribution in [3.8, 4) is 0 Å². The molecule has 0 N–H and O–H groups in total. The van der Waals surface area contributed by atoms with E-state index in [1.807, 2.05) is 13.0 Å². The van der Waals surface area contributed by atoms with Gasteiger partial charge in [-0.3, -0.25) is 19.2 Å². The van der Waals surface area contributed by atoms with Crippen molar-refractivity contribution in [3.63, 3.8) is 0 Å². The number of ketones is 2. The summed E-state index contributed by atoms with van der Waals surface area (Å²) in [5, 5.41) is 0. The molecule has 49 heavy (non-hydrogen) atoms. The maximum absolute atomic E-state index is 12.9. The van der Waals surface area contributed by atoms with Gasteiger partial charge in [-0.1, -0.05) is 129 Å². The van der Waals surface area contributed by atoms with Crippen LogP contribution in [-0.4, -0.2) is 47.8 Å². The summed E-state index contributed by atoms with van der Waals surface area (Å²) in [6.07, 6.45) is 27.4. The lowest BCUT2D eigenvalue weighted by Gasteiger charge is -2.18. The molecule has 0 amide bonds. The third-order valence-corrected chi connectivity index (χ3v) is 9.43. The quantitative estimate of drug-likeness (QED) is 0.0380. The molecule has 0 aromatic heterocycles. The summed E-state index contributed by atoms with van der Waals surface area (Å²) in [7, 11) is 0. The Labute approximate surface area is 298 Å². The highest BCUT2D eigenvalue weighted by molar-refractivity contribution is 5.92. The first-order valence-electron chi connectivity index (χ1n) is 20.0. The molecular weight excluding hydrogens is 620 g/mol. The van der Waals surface area contributed by atoms with Crippen molar-refractivity contribution in [1.82, 2.24) is 0 Å². The third kappa shape index (κ3) is 24.3. The van der Waals surface area contributed by atoms with Gasteiger partial charge in [-0.15, -0.1) is 0 Å². The van der Waals surface area contributed by atoms with Gasteiger partial charge in [0.2, 0.25) is 0 Å². The lowest BCUT2D eigenvalue weighted by molar-refractivity contribution is -0.155. The third-order valence-electron chi connectivity index (χ3n) is 9.43. The zero-order chi connectivity index (χ0) is 36.1. The van der Waals surface area contributed by atoms with Gasteiger partial charge in [0.25, 0.3) is 0 Å². The van der Waals surface area contributed by atoms with E-state index in [9.17, 15) is 24.0 Å². The molecule has 282 valence electrons. The van der Waals surface area contributed by atoms with Crippen molar-refractivity contribution in [2.75, 3.05) is 0 Å². The van der Waals surface area contributed by atoms with Crippen LogP contribution in [0.25, 0.3) is 0 Å². The molecule has 0 aromatic carbocycles. The molecule has 0 bridgehead atoms. The molecule has 0 fully saturated rings. The number of carbonyl (C=O) groups is 5. The van der Waals surface area contributed by atoms with Crippen molar-refractivity contribution in [2.45, 2.75) is 219 Å². The molecule has 1 heterocycles. The minimum absolute atomic E-state index is 0.0135. The second-order valence-corrected chi connectivity index (χ2v) is 14.2. The molecule has 0 saturated heterocycles. The van der Waals surface area contributed by atoms with Crippen LogP contribution in [0.15, 0.2) is 11.6 Å². The van der Waals surface area contributed by atoms with E-state index >= 15 is 0 Å². The molecule has 8 heteroatoms. The van der Waals surface area contributed by atoms with Gasteiger partial charge in [0, 0.05) is 32.3 Å². The fourth-order valence-corrected chi connectivity index (χ4v) is 6.59. The number of hydrogen-bond acceptors (Lipinski definition) is 8. The predicted octanol–water partition coefficient (Wildman–Crippen LogP) is 10.4. The first kappa shape index (κ1) is 44.5. The highest BCUT2D eigenvalue weighted by Gasteiger charge is 2.26. The fourth-order valence-electron chi connectivity index (χ4n) is 6.59. The standard InChI is InChI=1S/C41H70O8/c1-5-6-7-8-9-10-16-19-22-25-28-39(48-34(3)42)37(44)30-31-38(45)40(49-35(4)43)29-26-23-20-17-14-12-11-13-15-18-21-24-27-36-32-33(2)47-41(36)46/h32-33,39-40H,5-31H2,1-4H3/t33-,39+,40-/m0/s1. The van der Waals surface area contributed by atoms with Gasteiger partial charge in [-0.05, 0) is 51.5 Å². The van der Waals surface area contributed by atoms with Gasteiger partial charge in [0.1, 0.15) is 6.10 Å². The van der Waals surface area contributed by atoms with Crippen LogP contribution in [0.3, 0.4) is 0 Å². The van der Waals surface area contributed by atoms with E-state index in [0.717, 1.165) is 69.8 Å². The highest BCUT2D eigenvalue weighted by atomic mass is 16.6. The van der Waals surface area contributed by atoms with Gasteiger partial charge in [-0.2, -0.15) is 0 Å².